The molecule has 6 aromatic rings. The summed E-state index contributed by atoms with van der Waals surface area (Å²) in [7, 11) is 0. The molecule has 0 saturated carbocycles. The van der Waals surface area contributed by atoms with Gasteiger partial charge in [-0.1, -0.05) is 64.5 Å². The minimum absolute atomic E-state index is 0.111. The summed E-state index contributed by atoms with van der Waals surface area (Å²) in [6.07, 6.45) is 0. The molecule has 36 heavy (non-hydrogen) atoms. The molecule has 5 nitrogen and oxygen atoms in total. The zero-order valence-electron chi connectivity index (χ0n) is 18.7. The van der Waals surface area contributed by atoms with Gasteiger partial charge in [0.1, 0.15) is 26.2 Å². The first-order valence-corrected chi connectivity index (χ1v) is 13.5. The number of ketones is 1. The monoisotopic (exact) mass is 571 g/mol. The molecule has 3 heterocycles. The molecule has 8 heteroatoms. The van der Waals surface area contributed by atoms with Gasteiger partial charge in [-0.15, -0.1) is 22.7 Å². The van der Waals surface area contributed by atoms with Crippen LogP contribution in [0.1, 0.15) is 15.2 Å². The third kappa shape index (κ3) is 4.24. The number of hydrogen-bond donors (Lipinski definition) is 2. The molecule has 0 fully saturated rings. The number of anilines is 3. The normalized spacial score (nSPS) is 11.1. The van der Waals surface area contributed by atoms with Crippen molar-refractivity contribution in [3.8, 4) is 22.0 Å². The summed E-state index contributed by atoms with van der Waals surface area (Å²) >= 11 is 6.31. The van der Waals surface area contributed by atoms with Crippen molar-refractivity contribution < 1.29 is 9.21 Å². The maximum atomic E-state index is 13.3. The van der Waals surface area contributed by atoms with E-state index in [1.807, 2.05) is 78.2 Å². The predicted molar refractivity (Wildman–Crippen MR) is 152 cm³/mol. The Morgan fingerprint density at radius 3 is 2.50 bits per heavy atom. The van der Waals surface area contributed by atoms with E-state index in [2.05, 4.69) is 21.2 Å². The van der Waals surface area contributed by atoms with Gasteiger partial charge in [0.2, 0.25) is 5.78 Å². The van der Waals surface area contributed by atoms with Crippen molar-refractivity contribution in [2.24, 2.45) is 0 Å². The van der Waals surface area contributed by atoms with Gasteiger partial charge in [0.05, 0.1) is 11.3 Å². The highest BCUT2D eigenvalue weighted by atomic mass is 79.9. The van der Waals surface area contributed by atoms with E-state index >= 15 is 0 Å². The molecule has 0 bridgehead atoms. The number of nitrogens with one attached hydrogen (secondary N) is 1. The number of rotatable bonds is 6. The number of benzene rings is 3. The molecule has 0 amide bonds. The molecule has 3 aromatic heterocycles. The summed E-state index contributed by atoms with van der Waals surface area (Å²) in [4.78, 5) is 18.7. The van der Waals surface area contributed by atoms with Crippen LogP contribution in [0.5, 0.6) is 0 Å². The second kappa shape index (κ2) is 9.39. The number of thiophene rings is 1. The Morgan fingerprint density at radius 2 is 1.72 bits per heavy atom. The summed E-state index contributed by atoms with van der Waals surface area (Å²) < 4.78 is 7.03. The van der Waals surface area contributed by atoms with Gasteiger partial charge in [0, 0.05) is 26.5 Å². The van der Waals surface area contributed by atoms with Gasteiger partial charge in [0.25, 0.3) is 0 Å². The van der Waals surface area contributed by atoms with Crippen molar-refractivity contribution in [3.05, 3.63) is 105 Å². The number of furan rings is 1. The van der Waals surface area contributed by atoms with Crippen molar-refractivity contribution in [3.63, 3.8) is 0 Å². The quantitative estimate of drug-likeness (QED) is 0.195. The Hall–Kier alpha value is -3.72. The lowest BCUT2D eigenvalue weighted by atomic mass is 10.1. The molecule has 0 spiro atoms. The maximum absolute atomic E-state index is 13.3. The van der Waals surface area contributed by atoms with Crippen LogP contribution < -0.4 is 11.1 Å². The van der Waals surface area contributed by atoms with Gasteiger partial charge in [0.15, 0.2) is 5.76 Å². The van der Waals surface area contributed by atoms with Crippen molar-refractivity contribution in [1.82, 2.24) is 4.98 Å². The van der Waals surface area contributed by atoms with Crippen LogP contribution in [-0.4, -0.2) is 10.8 Å². The minimum Gasteiger partial charge on any atom is -0.454 e. The van der Waals surface area contributed by atoms with Gasteiger partial charge in [-0.25, -0.2) is 4.98 Å². The predicted octanol–water partition coefficient (Wildman–Crippen LogP) is 8.60. The number of para-hydroxylation sites is 1. The van der Waals surface area contributed by atoms with Crippen molar-refractivity contribution >= 4 is 71.7 Å². The van der Waals surface area contributed by atoms with Crippen molar-refractivity contribution in [1.29, 1.82) is 0 Å². The summed E-state index contributed by atoms with van der Waals surface area (Å²) in [6.45, 7) is 0. The number of thiazole rings is 1. The third-order valence-electron chi connectivity index (χ3n) is 5.67. The molecule has 3 aromatic carbocycles. The fraction of sp³-hybridized carbons (Fsp3) is 0. The molecule has 176 valence electrons. The summed E-state index contributed by atoms with van der Waals surface area (Å²) in [5.41, 5.74) is 10.8. The largest absolute Gasteiger partial charge is 0.454 e. The first-order valence-electron chi connectivity index (χ1n) is 11.1. The van der Waals surface area contributed by atoms with Gasteiger partial charge in [-0.3, -0.25) is 4.79 Å². The van der Waals surface area contributed by atoms with Crippen LogP contribution in [0.4, 0.5) is 16.4 Å². The average molecular weight is 573 g/mol. The van der Waals surface area contributed by atoms with Crippen LogP contribution in [0.3, 0.4) is 0 Å². The highest BCUT2D eigenvalue weighted by Gasteiger charge is 2.25. The van der Waals surface area contributed by atoms with Crippen LogP contribution in [0.15, 0.2) is 99.2 Å². The lowest BCUT2D eigenvalue weighted by Gasteiger charge is -2.06. The maximum Gasteiger partial charge on any atom is 0.205 e. The van der Waals surface area contributed by atoms with Crippen LogP contribution in [0.2, 0.25) is 0 Å². The molecule has 0 aliphatic rings. The number of carbonyl (C=O) groups is 1. The molecule has 6 rings (SSSR count). The topological polar surface area (TPSA) is 81.2 Å². The summed E-state index contributed by atoms with van der Waals surface area (Å²) in [6, 6.07) is 26.8. The number of aromatic nitrogens is 1. The fourth-order valence-electron chi connectivity index (χ4n) is 3.93. The van der Waals surface area contributed by atoms with Crippen LogP contribution >= 0.6 is 38.6 Å². The number of nitrogens with two attached hydrogens (primary N) is 1. The Morgan fingerprint density at radius 1 is 0.972 bits per heavy atom. The number of fused-ring (bicyclic) bond motifs is 1. The Labute approximate surface area is 223 Å². The minimum atomic E-state index is -0.111. The zero-order chi connectivity index (χ0) is 24.6. The standard InChI is InChI=1S/C28H18BrN3O2S2/c29-18-11-12-21-17(13-18)14-22(34-21)20-15-35-27(32-20)23-24(30)26(25(33)16-7-3-1-4-8-16)36-28(23)31-19-9-5-2-6-10-19/h1-15,31H,30H2. The average Bonchev–Trinajstić information content (AvgIpc) is 3.61. The van der Waals surface area contributed by atoms with E-state index < -0.39 is 0 Å². The Kier molecular flexibility index (Phi) is 5.92. The second-order valence-corrected chi connectivity index (χ2v) is 10.9. The second-order valence-electron chi connectivity index (χ2n) is 8.07. The number of hydrogen-bond acceptors (Lipinski definition) is 7. The molecule has 0 radical (unpaired) electrons. The van der Waals surface area contributed by atoms with E-state index in [0.29, 0.717) is 26.9 Å². The van der Waals surface area contributed by atoms with E-state index in [1.54, 1.807) is 12.1 Å². The Bertz CT molecular complexity index is 1710. The van der Waals surface area contributed by atoms with Crippen molar-refractivity contribution in [2.45, 2.75) is 0 Å². The van der Waals surface area contributed by atoms with Gasteiger partial charge in [-0.2, -0.15) is 0 Å². The fourth-order valence-corrected chi connectivity index (χ4v) is 6.35. The van der Waals surface area contributed by atoms with Gasteiger partial charge < -0.3 is 15.5 Å². The summed E-state index contributed by atoms with van der Waals surface area (Å²) in [5, 5.41) is 7.86. The lowest BCUT2D eigenvalue weighted by Crippen LogP contribution is -2.02. The molecule has 3 N–H and O–H groups in total. The zero-order valence-corrected chi connectivity index (χ0v) is 21.9. The molecular weight excluding hydrogens is 554 g/mol. The smallest absolute Gasteiger partial charge is 0.205 e. The molecule has 0 atom stereocenters. The van der Waals surface area contributed by atoms with E-state index in [1.165, 1.54) is 22.7 Å². The molecular formula is C28H18BrN3O2S2. The van der Waals surface area contributed by atoms with Gasteiger partial charge in [-0.05, 0) is 36.4 Å². The molecule has 0 unspecified atom stereocenters. The lowest BCUT2D eigenvalue weighted by molar-refractivity contribution is 0.104. The highest BCUT2D eigenvalue weighted by molar-refractivity contribution is 9.10. The highest BCUT2D eigenvalue weighted by Crippen LogP contribution is 2.47. The Balaban J connectivity index is 1.44. The number of carbonyl (C=O) groups excluding carboxylic acids is 1. The van der Waals surface area contributed by atoms with Crippen LogP contribution in [0, 0.1) is 0 Å². The van der Waals surface area contributed by atoms with Crippen LogP contribution in [-0.2, 0) is 0 Å². The summed E-state index contributed by atoms with van der Waals surface area (Å²) in [5.74, 6) is 0.567. The SMILES string of the molecule is Nc1c(C(=O)c2ccccc2)sc(Nc2ccccc2)c1-c1nc(-c2cc3cc(Br)ccc3o2)cs1. The van der Waals surface area contributed by atoms with Gasteiger partial charge >= 0.3 is 0 Å². The molecule has 0 saturated heterocycles. The molecule has 0 aliphatic heterocycles. The van der Waals surface area contributed by atoms with E-state index in [9.17, 15) is 4.79 Å². The number of nitrogen functional groups attached to an aromatic ring is 1. The number of halogens is 1. The van der Waals surface area contributed by atoms with E-state index in [0.717, 1.165) is 37.4 Å². The number of nitrogens with zero attached hydrogens (tertiary/aromatic N) is 1. The van der Waals surface area contributed by atoms with E-state index in [4.69, 9.17) is 15.1 Å². The first kappa shape index (κ1) is 22.7. The van der Waals surface area contributed by atoms with Crippen LogP contribution in [0.25, 0.3) is 33.0 Å². The van der Waals surface area contributed by atoms with E-state index in [-0.39, 0.29) is 5.78 Å². The van der Waals surface area contributed by atoms with Crippen molar-refractivity contribution in [2.75, 3.05) is 11.1 Å². The third-order valence-corrected chi connectivity index (χ3v) is 8.14. The molecule has 0 aliphatic carbocycles. The first-order chi connectivity index (χ1) is 17.6.